The first-order chi connectivity index (χ1) is 5.47. The molecule has 1 aliphatic heterocycles. The molecule has 2 rings (SSSR count). The van der Waals surface area contributed by atoms with Crippen molar-refractivity contribution in [2.75, 3.05) is 0 Å². The average Bonchev–Trinajstić information content (AvgIpc) is 2.58. The summed E-state index contributed by atoms with van der Waals surface area (Å²) in [6.45, 7) is 0. The summed E-state index contributed by atoms with van der Waals surface area (Å²) in [7, 11) is 0. The summed E-state index contributed by atoms with van der Waals surface area (Å²) < 4.78 is 0. The zero-order chi connectivity index (χ0) is 7.52. The van der Waals surface area contributed by atoms with E-state index < -0.39 is 0 Å². The molecule has 1 atom stereocenters. The molecule has 2 heteroatoms. The van der Waals surface area contributed by atoms with E-state index in [0.717, 1.165) is 12.3 Å². The molecule has 2 aliphatic rings. The zero-order valence-corrected chi connectivity index (χ0v) is 6.92. The van der Waals surface area contributed by atoms with Crippen LogP contribution < -0.4 is 5.43 Å². The molecule has 1 unspecified atom stereocenters. The van der Waals surface area contributed by atoms with Gasteiger partial charge in [-0.2, -0.15) is 5.10 Å². The molecule has 1 aliphatic carbocycles. The van der Waals surface area contributed by atoms with Gasteiger partial charge < -0.3 is 5.43 Å². The van der Waals surface area contributed by atoms with Gasteiger partial charge >= 0.3 is 0 Å². The lowest BCUT2D eigenvalue weighted by Crippen LogP contribution is -2.30. The number of hydrogen-bond acceptors (Lipinski definition) is 2. The van der Waals surface area contributed by atoms with Crippen LogP contribution in [0.25, 0.3) is 0 Å². The summed E-state index contributed by atoms with van der Waals surface area (Å²) in [5.41, 5.74) is 3.20. The van der Waals surface area contributed by atoms with E-state index in [1.165, 1.54) is 32.1 Å². The Hall–Kier alpha value is -0.530. The second-order valence-corrected chi connectivity index (χ2v) is 3.68. The van der Waals surface area contributed by atoms with Crippen LogP contribution >= 0.6 is 0 Å². The maximum absolute atomic E-state index is 4.06. The SMILES string of the molecule is C1=NNC(C2CCCCC2)C1. The fourth-order valence-corrected chi connectivity index (χ4v) is 2.20. The van der Waals surface area contributed by atoms with Gasteiger partial charge in [0, 0.05) is 12.6 Å². The largest absolute Gasteiger partial charge is 0.307 e. The molecule has 0 aromatic heterocycles. The Bertz CT molecular complexity index is 140. The standard InChI is InChI=1S/C9H16N2/c1-2-4-8(5-3-1)9-6-7-10-11-9/h7-9,11H,1-6H2. The van der Waals surface area contributed by atoms with E-state index in [-0.39, 0.29) is 0 Å². The first kappa shape index (κ1) is 7.14. The first-order valence-electron chi connectivity index (χ1n) is 4.74. The van der Waals surface area contributed by atoms with Crippen molar-refractivity contribution in [1.29, 1.82) is 0 Å². The maximum atomic E-state index is 4.06. The third kappa shape index (κ3) is 1.55. The normalized spacial score (nSPS) is 32.2. The molecule has 0 radical (unpaired) electrons. The van der Waals surface area contributed by atoms with Gasteiger partial charge in [-0.25, -0.2) is 0 Å². The zero-order valence-electron chi connectivity index (χ0n) is 6.92. The minimum atomic E-state index is 0.676. The number of nitrogens with one attached hydrogen (secondary N) is 1. The Kier molecular flexibility index (Phi) is 2.11. The summed E-state index contributed by atoms with van der Waals surface area (Å²) in [6, 6.07) is 0.676. The maximum Gasteiger partial charge on any atom is 0.0518 e. The Balaban J connectivity index is 1.83. The predicted octanol–water partition coefficient (Wildman–Crippen LogP) is 1.91. The Morgan fingerprint density at radius 1 is 1.18 bits per heavy atom. The number of rotatable bonds is 1. The smallest absolute Gasteiger partial charge is 0.0518 e. The van der Waals surface area contributed by atoms with Crippen LogP contribution in [0.1, 0.15) is 38.5 Å². The molecule has 0 bridgehead atoms. The highest BCUT2D eigenvalue weighted by molar-refractivity contribution is 5.59. The van der Waals surface area contributed by atoms with Gasteiger partial charge in [0.05, 0.1) is 6.04 Å². The van der Waals surface area contributed by atoms with E-state index in [1.54, 1.807) is 0 Å². The molecule has 1 fully saturated rings. The highest BCUT2D eigenvalue weighted by atomic mass is 15.3. The van der Waals surface area contributed by atoms with Crippen LogP contribution in [0.15, 0.2) is 5.10 Å². The quantitative estimate of drug-likeness (QED) is 0.610. The molecule has 1 N–H and O–H groups in total. The van der Waals surface area contributed by atoms with Gasteiger partial charge in [0.1, 0.15) is 0 Å². The number of nitrogens with zero attached hydrogens (tertiary/aromatic N) is 1. The van der Waals surface area contributed by atoms with Crippen molar-refractivity contribution in [1.82, 2.24) is 5.43 Å². The van der Waals surface area contributed by atoms with E-state index in [2.05, 4.69) is 10.5 Å². The molecule has 2 nitrogen and oxygen atoms in total. The molecular formula is C9H16N2. The third-order valence-corrected chi connectivity index (χ3v) is 2.91. The molecule has 62 valence electrons. The lowest BCUT2D eigenvalue weighted by molar-refractivity contribution is 0.285. The molecule has 0 saturated heterocycles. The van der Waals surface area contributed by atoms with Crippen LogP contribution in [-0.2, 0) is 0 Å². The Labute approximate surface area is 68.1 Å². The minimum Gasteiger partial charge on any atom is -0.307 e. The van der Waals surface area contributed by atoms with Gasteiger partial charge in [-0.05, 0) is 18.8 Å². The van der Waals surface area contributed by atoms with Crippen molar-refractivity contribution in [3.63, 3.8) is 0 Å². The summed E-state index contributed by atoms with van der Waals surface area (Å²) in [5.74, 6) is 0.909. The van der Waals surface area contributed by atoms with Crippen molar-refractivity contribution in [2.45, 2.75) is 44.6 Å². The molecule has 0 amide bonds. The first-order valence-corrected chi connectivity index (χ1v) is 4.74. The van der Waals surface area contributed by atoms with Crippen LogP contribution in [0, 0.1) is 5.92 Å². The molecule has 1 saturated carbocycles. The molecule has 11 heavy (non-hydrogen) atoms. The fourth-order valence-electron chi connectivity index (χ4n) is 2.20. The minimum absolute atomic E-state index is 0.676. The highest BCUT2D eigenvalue weighted by Gasteiger charge is 2.24. The summed E-state index contributed by atoms with van der Waals surface area (Å²) >= 11 is 0. The van der Waals surface area contributed by atoms with Gasteiger partial charge in [-0.1, -0.05) is 19.3 Å². The second kappa shape index (κ2) is 3.24. The summed E-state index contributed by atoms with van der Waals surface area (Å²) in [5, 5.41) is 4.06. The van der Waals surface area contributed by atoms with Crippen molar-refractivity contribution in [3.05, 3.63) is 0 Å². The van der Waals surface area contributed by atoms with Gasteiger partial charge in [-0.15, -0.1) is 0 Å². The van der Waals surface area contributed by atoms with Gasteiger partial charge in [0.15, 0.2) is 0 Å². The Morgan fingerprint density at radius 3 is 2.64 bits per heavy atom. The second-order valence-electron chi connectivity index (χ2n) is 3.68. The van der Waals surface area contributed by atoms with Gasteiger partial charge in [0.25, 0.3) is 0 Å². The van der Waals surface area contributed by atoms with Gasteiger partial charge in [0.2, 0.25) is 0 Å². The van der Waals surface area contributed by atoms with E-state index in [9.17, 15) is 0 Å². The monoisotopic (exact) mass is 152 g/mol. The van der Waals surface area contributed by atoms with Crippen LogP contribution in [-0.4, -0.2) is 12.3 Å². The van der Waals surface area contributed by atoms with Gasteiger partial charge in [-0.3, -0.25) is 0 Å². The number of hydrazone groups is 1. The van der Waals surface area contributed by atoms with E-state index in [1.807, 2.05) is 6.21 Å². The lowest BCUT2D eigenvalue weighted by Gasteiger charge is -2.26. The van der Waals surface area contributed by atoms with Crippen molar-refractivity contribution in [3.8, 4) is 0 Å². The van der Waals surface area contributed by atoms with Crippen molar-refractivity contribution >= 4 is 6.21 Å². The molecule has 1 heterocycles. The van der Waals surface area contributed by atoms with Crippen LogP contribution in [0.2, 0.25) is 0 Å². The molecule has 0 aromatic carbocycles. The van der Waals surface area contributed by atoms with Crippen LogP contribution in [0.5, 0.6) is 0 Å². The fraction of sp³-hybridized carbons (Fsp3) is 0.889. The van der Waals surface area contributed by atoms with E-state index in [0.29, 0.717) is 6.04 Å². The molecule has 0 spiro atoms. The number of hydrogen-bond donors (Lipinski definition) is 1. The highest BCUT2D eigenvalue weighted by Crippen LogP contribution is 2.28. The Morgan fingerprint density at radius 2 is 2.00 bits per heavy atom. The summed E-state index contributed by atoms with van der Waals surface area (Å²) in [4.78, 5) is 0. The third-order valence-electron chi connectivity index (χ3n) is 2.91. The summed E-state index contributed by atoms with van der Waals surface area (Å²) in [6.07, 6.45) is 10.3. The molecule has 0 aromatic rings. The van der Waals surface area contributed by atoms with Crippen molar-refractivity contribution < 1.29 is 0 Å². The lowest BCUT2D eigenvalue weighted by atomic mass is 9.83. The average molecular weight is 152 g/mol. The topological polar surface area (TPSA) is 24.4 Å². The van der Waals surface area contributed by atoms with Crippen LogP contribution in [0.3, 0.4) is 0 Å². The van der Waals surface area contributed by atoms with E-state index in [4.69, 9.17) is 0 Å². The van der Waals surface area contributed by atoms with E-state index >= 15 is 0 Å². The van der Waals surface area contributed by atoms with Crippen molar-refractivity contribution in [2.24, 2.45) is 11.0 Å². The molecular weight excluding hydrogens is 136 g/mol. The predicted molar refractivity (Wildman–Crippen MR) is 46.6 cm³/mol. The van der Waals surface area contributed by atoms with Crippen LogP contribution in [0.4, 0.5) is 0 Å².